The van der Waals surface area contributed by atoms with Gasteiger partial charge in [0.1, 0.15) is 17.6 Å². The van der Waals surface area contributed by atoms with E-state index in [1.807, 2.05) is 18.2 Å². The molecule has 0 saturated carbocycles. The number of fused-ring (bicyclic) bond motifs is 1. The fraction of sp³-hybridized carbons (Fsp3) is 0. The van der Waals surface area contributed by atoms with Gasteiger partial charge in [-0.05, 0) is 36.4 Å². The van der Waals surface area contributed by atoms with Crippen molar-refractivity contribution in [3.05, 3.63) is 59.2 Å². The number of pyridine rings is 1. The summed E-state index contributed by atoms with van der Waals surface area (Å²) in [6.07, 6.45) is 1.68. The zero-order valence-corrected chi connectivity index (χ0v) is 11.6. The molecule has 21 heavy (non-hydrogen) atoms. The van der Waals surface area contributed by atoms with Crippen molar-refractivity contribution in [1.29, 1.82) is 5.26 Å². The fourth-order valence-electron chi connectivity index (χ4n) is 2.03. The Bertz CT molecular complexity index is 871. The van der Waals surface area contributed by atoms with E-state index in [0.29, 0.717) is 33.3 Å². The van der Waals surface area contributed by atoms with Crippen LogP contribution in [0.25, 0.3) is 10.9 Å². The molecule has 0 unspecified atom stereocenters. The van der Waals surface area contributed by atoms with Crippen molar-refractivity contribution in [2.45, 2.75) is 0 Å². The first-order chi connectivity index (χ1) is 10.2. The van der Waals surface area contributed by atoms with E-state index >= 15 is 0 Å². The van der Waals surface area contributed by atoms with E-state index in [-0.39, 0.29) is 0 Å². The summed E-state index contributed by atoms with van der Waals surface area (Å²) < 4.78 is 5.84. The normalized spacial score (nSPS) is 10.3. The van der Waals surface area contributed by atoms with E-state index in [9.17, 15) is 0 Å². The van der Waals surface area contributed by atoms with Gasteiger partial charge in [-0.25, -0.2) is 0 Å². The molecule has 0 radical (unpaired) electrons. The van der Waals surface area contributed by atoms with E-state index in [2.05, 4.69) is 4.98 Å². The second-order valence-electron chi connectivity index (χ2n) is 4.41. The third-order valence-corrected chi connectivity index (χ3v) is 3.36. The van der Waals surface area contributed by atoms with Gasteiger partial charge < -0.3 is 10.5 Å². The van der Waals surface area contributed by atoms with Crippen molar-refractivity contribution >= 4 is 28.2 Å². The van der Waals surface area contributed by atoms with E-state index in [1.165, 1.54) is 0 Å². The molecule has 2 N–H and O–H groups in total. The van der Waals surface area contributed by atoms with Crippen LogP contribution in [0.2, 0.25) is 5.02 Å². The molecule has 2 aromatic carbocycles. The van der Waals surface area contributed by atoms with Crippen LogP contribution in [0.1, 0.15) is 5.56 Å². The topological polar surface area (TPSA) is 71.9 Å². The highest BCUT2D eigenvalue weighted by Crippen LogP contribution is 2.33. The monoisotopic (exact) mass is 295 g/mol. The van der Waals surface area contributed by atoms with Crippen LogP contribution in [-0.4, -0.2) is 4.98 Å². The maximum Gasteiger partial charge on any atom is 0.136 e. The number of anilines is 1. The lowest BCUT2D eigenvalue weighted by Crippen LogP contribution is -1.92. The lowest BCUT2D eigenvalue weighted by molar-refractivity contribution is 0.488. The molecule has 0 atom stereocenters. The first-order valence-electron chi connectivity index (χ1n) is 6.20. The third-order valence-electron chi connectivity index (χ3n) is 3.05. The highest BCUT2D eigenvalue weighted by atomic mass is 35.5. The Morgan fingerprint density at radius 1 is 1.19 bits per heavy atom. The quantitative estimate of drug-likeness (QED) is 0.721. The standard InChI is InChI=1S/C16H10ClN3O/c17-13-8-11(4-3-10(13)9-18)21-15-6-5-14(19)16-12(15)2-1-7-20-16/h1-8H,19H2. The van der Waals surface area contributed by atoms with Crippen molar-refractivity contribution in [2.24, 2.45) is 0 Å². The summed E-state index contributed by atoms with van der Waals surface area (Å²) in [6.45, 7) is 0. The molecule has 0 bridgehead atoms. The molecule has 0 aliphatic heterocycles. The number of hydrogen-bond acceptors (Lipinski definition) is 4. The average Bonchev–Trinajstić information content (AvgIpc) is 2.51. The van der Waals surface area contributed by atoms with Gasteiger partial charge in [0, 0.05) is 17.6 Å². The number of nitrogen functional groups attached to an aromatic ring is 1. The molecule has 0 saturated heterocycles. The number of hydrogen-bond donors (Lipinski definition) is 1. The van der Waals surface area contributed by atoms with Gasteiger partial charge in [-0.3, -0.25) is 4.98 Å². The molecule has 3 rings (SSSR count). The van der Waals surface area contributed by atoms with Gasteiger partial charge in [0.05, 0.1) is 21.8 Å². The molecule has 5 heteroatoms. The second-order valence-corrected chi connectivity index (χ2v) is 4.82. The van der Waals surface area contributed by atoms with Crippen LogP contribution in [0, 0.1) is 11.3 Å². The number of benzene rings is 2. The third kappa shape index (κ3) is 2.47. The smallest absolute Gasteiger partial charge is 0.136 e. The van der Waals surface area contributed by atoms with E-state index in [0.717, 1.165) is 5.39 Å². The maximum atomic E-state index is 8.87. The number of ether oxygens (including phenoxy) is 1. The first-order valence-corrected chi connectivity index (χ1v) is 6.57. The summed E-state index contributed by atoms with van der Waals surface area (Å²) in [7, 11) is 0. The van der Waals surface area contributed by atoms with E-state index < -0.39 is 0 Å². The summed E-state index contributed by atoms with van der Waals surface area (Å²) in [5, 5.41) is 10.0. The lowest BCUT2D eigenvalue weighted by atomic mass is 10.1. The highest BCUT2D eigenvalue weighted by molar-refractivity contribution is 6.31. The van der Waals surface area contributed by atoms with E-state index in [1.54, 1.807) is 36.5 Å². The zero-order chi connectivity index (χ0) is 14.8. The molecule has 0 amide bonds. The number of aromatic nitrogens is 1. The van der Waals surface area contributed by atoms with Crippen LogP contribution in [0.5, 0.6) is 11.5 Å². The summed E-state index contributed by atoms with van der Waals surface area (Å²) in [5.41, 5.74) is 7.60. The highest BCUT2D eigenvalue weighted by Gasteiger charge is 2.08. The molecular formula is C16H10ClN3O. The molecule has 0 fully saturated rings. The molecule has 1 heterocycles. The van der Waals surface area contributed by atoms with Crippen LogP contribution in [0.15, 0.2) is 48.7 Å². The van der Waals surface area contributed by atoms with Gasteiger partial charge in [0.25, 0.3) is 0 Å². The van der Waals surface area contributed by atoms with Crippen molar-refractivity contribution in [3.8, 4) is 17.6 Å². The summed E-state index contributed by atoms with van der Waals surface area (Å²) in [6, 6.07) is 14.2. The number of nitriles is 1. The Morgan fingerprint density at radius 3 is 2.81 bits per heavy atom. The van der Waals surface area contributed by atoms with Gasteiger partial charge >= 0.3 is 0 Å². The summed E-state index contributed by atoms with van der Waals surface area (Å²) in [5.74, 6) is 1.18. The lowest BCUT2D eigenvalue weighted by Gasteiger charge is -2.10. The van der Waals surface area contributed by atoms with Gasteiger partial charge in [-0.15, -0.1) is 0 Å². The maximum absolute atomic E-state index is 8.87. The Labute approximate surface area is 126 Å². The second kappa shape index (κ2) is 5.31. The van der Waals surface area contributed by atoms with Gasteiger partial charge in [-0.1, -0.05) is 11.6 Å². The molecule has 4 nitrogen and oxygen atoms in total. The number of rotatable bonds is 2. The zero-order valence-electron chi connectivity index (χ0n) is 10.9. The van der Waals surface area contributed by atoms with Gasteiger partial charge in [0.15, 0.2) is 0 Å². The predicted octanol–water partition coefficient (Wildman–Crippen LogP) is 4.13. The molecule has 0 aliphatic rings. The summed E-state index contributed by atoms with van der Waals surface area (Å²) in [4.78, 5) is 4.25. The van der Waals surface area contributed by atoms with Crippen molar-refractivity contribution in [3.63, 3.8) is 0 Å². The molecule has 0 aliphatic carbocycles. The molecular weight excluding hydrogens is 286 g/mol. The predicted molar refractivity (Wildman–Crippen MR) is 82.4 cm³/mol. The Balaban J connectivity index is 2.05. The van der Waals surface area contributed by atoms with Crippen molar-refractivity contribution < 1.29 is 4.74 Å². The number of halogens is 1. The number of nitrogens with two attached hydrogens (primary N) is 1. The van der Waals surface area contributed by atoms with Crippen molar-refractivity contribution in [1.82, 2.24) is 4.98 Å². The van der Waals surface area contributed by atoms with Crippen molar-refractivity contribution in [2.75, 3.05) is 5.73 Å². The molecule has 0 spiro atoms. The fourth-order valence-corrected chi connectivity index (χ4v) is 2.25. The SMILES string of the molecule is N#Cc1ccc(Oc2ccc(N)c3ncccc23)cc1Cl. The van der Waals surface area contributed by atoms with Gasteiger partial charge in [0.2, 0.25) is 0 Å². The minimum absolute atomic E-state index is 0.355. The molecule has 102 valence electrons. The molecule has 3 aromatic rings. The van der Waals surface area contributed by atoms with E-state index in [4.69, 9.17) is 27.3 Å². The van der Waals surface area contributed by atoms with Crippen LogP contribution >= 0.6 is 11.6 Å². The average molecular weight is 296 g/mol. The Kier molecular flexibility index (Phi) is 3.35. The largest absolute Gasteiger partial charge is 0.457 e. The van der Waals surface area contributed by atoms with Crippen LogP contribution in [0.3, 0.4) is 0 Å². The Hall–Kier alpha value is -2.77. The van der Waals surface area contributed by atoms with Crippen LogP contribution < -0.4 is 10.5 Å². The molecule has 1 aromatic heterocycles. The minimum atomic E-state index is 0.355. The Morgan fingerprint density at radius 2 is 2.05 bits per heavy atom. The summed E-state index contributed by atoms with van der Waals surface area (Å²) >= 11 is 6.00. The minimum Gasteiger partial charge on any atom is -0.457 e. The first kappa shape index (κ1) is 13.2. The van der Waals surface area contributed by atoms with Crippen LogP contribution in [-0.2, 0) is 0 Å². The van der Waals surface area contributed by atoms with Gasteiger partial charge in [-0.2, -0.15) is 5.26 Å². The number of nitrogens with zero attached hydrogens (tertiary/aromatic N) is 2. The van der Waals surface area contributed by atoms with Crippen LogP contribution in [0.4, 0.5) is 5.69 Å².